The summed E-state index contributed by atoms with van der Waals surface area (Å²) in [6.07, 6.45) is 1.18. The van der Waals surface area contributed by atoms with Crippen molar-refractivity contribution in [1.29, 1.82) is 0 Å². The Morgan fingerprint density at radius 1 is 1.12 bits per heavy atom. The molecule has 0 bridgehead atoms. The third-order valence-electron chi connectivity index (χ3n) is 3.31. The molecule has 0 fully saturated rings. The Balaban J connectivity index is 1.99. The lowest BCUT2D eigenvalue weighted by Gasteiger charge is -2.11. The van der Waals surface area contributed by atoms with E-state index < -0.39 is 10.7 Å². The largest absolute Gasteiger partial charge is 0.353 e. The maximum atomic E-state index is 13.3. The number of nitro groups is 1. The van der Waals surface area contributed by atoms with E-state index >= 15 is 0 Å². The Bertz CT molecular complexity index is 989. The molecule has 2 N–H and O–H groups in total. The minimum Gasteiger partial charge on any atom is -0.334 e. The Morgan fingerprint density at radius 2 is 1.81 bits per heavy atom. The second kappa shape index (κ2) is 7.63. The fraction of sp³-hybridized carbons (Fsp3) is 0. The summed E-state index contributed by atoms with van der Waals surface area (Å²) in [5, 5.41) is 17.1. The number of para-hydroxylation sites is 1. The van der Waals surface area contributed by atoms with Gasteiger partial charge in [0.05, 0.1) is 15.6 Å². The average molecular weight is 439 g/mol. The van der Waals surface area contributed by atoms with E-state index in [2.05, 4.69) is 36.5 Å². The summed E-state index contributed by atoms with van der Waals surface area (Å²) in [6, 6.07) is 11.0. The molecule has 0 unspecified atom stereocenters. The molecular weight excluding hydrogens is 429 g/mol. The van der Waals surface area contributed by atoms with Crippen LogP contribution in [0.25, 0.3) is 0 Å². The van der Waals surface area contributed by atoms with Crippen molar-refractivity contribution < 1.29 is 9.31 Å². The molecule has 0 aliphatic rings. The van der Waals surface area contributed by atoms with Crippen molar-refractivity contribution in [3.63, 3.8) is 0 Å². The second-order valence-electron chi connectivity index (χ2n) is 5.04. The van der Waals surface area contributed by atoms with Crippen LogP contribution < -0.4 is 10.6 Å². The first-order valence-electron chi connectivity index (χ1n) is 7.18. The molecule has 26 heavy (non-hydrogen) atoms. The first-order valence-corrected chi connectivity index (χ1v) is 8.36. The van der Waals surface area contributed by atoms with E-state index in [0.29, 0.717) is 15.8 Å². The number of hydrogen-bond donors (Lipinski definition) is 2. The number of benzene rings is 2. The molecule has 3 aromatic rings. The third-order valence-corrected chi connectivity index (χ3v) is 4.30. The molecule has 7 nitrogen and oxygen atoms in total. The molecule has 0 radical (unpaired) electrons. The average Bonchev–Trinajstić information content (AvgIpc) is 2.60. The van der Waals surface area contributed by atoms with Gasteiger partial charge in [0.1, 0.15) is 12.1 Å². The Hall–Kier alpha value is -2.78. The highest BCUT2D eigenvalue weighted by Gasteiger charge is 2.24. The maximum absolute atomic E-state index is 13.3. The zero-order valence-corrected chi connectivity index (χ0v) is 15.3. The maximum Gasteiger partial charge on any atom is 0.353 e. The highest BCUT2D eigenvalue weighted by molar-refractivity contribution is 9.10. The van der Waals surface area contributed by atoms with Crippen molar-refractivity contribution in [3.8, 4) is 0 Å². The summed E-state index contributed by atoms with van der Waals surface area (Å²) in [5.74, 6) is -0.638. The molecule has 0 amide bonds. The zero-order chi connectivity index (χ0) is 18.7. The van der Waals surface area contributed by atoms with Crippen molar-refractivity contribution >= 4 is 56.2 Å². The van der Waals surface area contributed by atoms with Crippen molar-refractivity contribution in [2.45, 2.75) is 0 Å². The van der Waals surface area contributed by atoms with Crippen molar-refractivity contribution in [1.82, 2.24) is 9.97 Å². The Kier molecular flexibility index (Phi) is 5.29. The van der Waals surface area contributed by atoms with Gasteiger partial charge in [0.25, 0.3) is 0 Å². The van der Waals surface area contributed by atoms with Gasteiger partial charge in [-0.05, 0) is 46.3 Å². The van der Waals surface area contributed by atoms with E-state index in [0.717, 1.165) is 6.07 Å². The van der Waals surface area contributed by atoms with Crippen LogP contribution >= 0.6 is 27.5 Å². The fourth-order valence-electron chi connectivity index (χ4n) is 2.14. The van der Waals surface area contributed by atoms with Crippen LogP contribution in [0.15, 0.2) is 53.3 Å². The van der Waals surface area contributed by atoms with Gasteiger partial charge in [-0.25, -0.2) is 14.4 Å². The first kappa shape index (κ1) is 18.0. The van der Waals surface area contributed by atoms with E-state index in [9.17, 15) is 14.5 Å². The van der Waals surface area contributed by atoms with Crippen molar-refractivity contribution in [3.05, 3.63) is 74.2 Å². The highest BCUT2D eigenvalue weighted by atomic mass is 79.9. The molecule has 0 atom stereocenters. The molecule has 132 valence electrons. The van der Waals surface area contributed by atoms with E-state index in [1.54, 1.807) is 18.2 Å². The predicted octanol–water partition coefficient (Wildman–Crippen LogP) is 5.43. The predicted molar refractivity (Wildman–Crippen MR) is 101 cm³/mol. The number of nitrogens with one attached hydrogen (secondary N) is 2. The second-order valence-corrected chi connectivity index (χ2v) is 6.30. The molecule has 0 aliphatic carbocycles. The van der Waals surface area contributed by atoms with Crippen LogP contribution in [0, 0.1) is 15.9 Å². The SMILES string of the molecule is O=[N+]([O-])c1c(Nc2ccc(F)c(Cl)c2)ncnc1Nc1ccccc1Br. The number of hydrogen-bond acceptors (Lipinski definition) is 6. The van der Waals surface area contributed by atoms with Gasteiger partial charge < -0.3 is 10.6 Å². The summed E-state index contributed by atoms with van der Waals surface area (Å²) >= 11 is 9.10. The minimum absolute atomic E-state index is 0.00705. The van der Waals surface area contributed by atoms with Gasteiger partial charge in [-0.1, -0.05) is 23.7 Å². The molecule has 2 aromatic carbocycles. The van der Waals surface area contributed by atoms with Gasteiger partial charge >= 0.3 is 5.69 Å². The van der Waals surface area contributed by atoms with E-state index in [1.165, 1.54) is 18.5 Å². The molecular formula is C16H10BrClFN5O2. The van der Waals surface area contributed by atoms with Gasteiger partial charge in [-0.2, -0.15) is 0 Å². The topological polar surface area (TPSA) is 93.0 Å². The minimum atomic E-state index is -0.605. The summed E-state index contributed by atoms with van der Waals surface area (Å²) in [7, 11) is 0. The monoisotopic (exact) mass is 437 g/mol. The van der Waals surface area contributed by atoms with Crippen LogP contribution in [-0.2, 0) is 0 Å². The summed E-state index contributed by atoms with van der Waals surface area (Å²) in [4.78, 5) is 18.9. The molecule has 0 saturated heterocycles. The van der Waals surface area contributed by atoms with Crippen LogP contribution in [-0.4, -0.2) is 14.9 Å². The number of rotatable bonds is 5. The van der Waals surface area contributed by atoms with Gasteiger partial charge in [0.15, 0.2) is 0 Å². The van der Waals surface area contributed by atoms with Crippen LogP contribution in [0.5, 0.6) is 0 Å². The van der Waals surface area contributed by atoms with E-state index in [1.807, 2.05) is 6.07 Å². The molecule has 0 aliphatic heterocycles. The lowest BCUT2D eigenvalue weighted by molar-refractivity contribution is -0.383. The highest BCUT2D eigenvalue weighted by Crippen LogP contribution is 2.35. The lowest BCUT2D eigenvalue weighted by atomic mass is 10.3. The Labute approximate surface area is 160 Å². The number of aromatic nitrogens is 2. The first-order chi connectivity index (χ1) is 12.5. The zero-order valence-electron chi connectivity index (χ0n) is 12.9. The standard InChI is InChI=1S/C16H10BrClFN5O2/c17-10-3-1-2-4-13(10)23-16-14(24(25)26)15(20-8-21-16)22-9-5-6-12(19)11(18)7-9/h1-8H,(H2,20,21,22,23). The van der Waals surface area contributed by atoms with Crippen LogP contribution in [0.4, 0.5) is 33.1 Å². The van der Waals surface area contributed by atoms with E-state index in [-0.39, 0.29) is 22.3 Å². The van der Waals surface area contributed by atoms with Gasteiger partial charge in [-0.3, -0.25) is 10.1 Å². The molecule has 0 spiro atoms. The van der Waals surface area contributed by atoms with Crippen LogP contribution in [0.2, 0.25) is 5.02 Å². The summed E-state index contributed by atoms with van der Waals surface area (Å²) < 4.78 is 14.0. The quantitative estimate of drug-likeness (QED) is 0.408. The van der Waals surface area contributed by atoms with Gasteiger partial charge in [-0.15, -0.1) is 0 Å². The van der Waals surface area contributed by atoms with Crippen LogP contribution in [0.1, 0.15) is 0 Å². The number of nitrogens with zero attached hydrogens (tertiary/aromatic N) is 3. The third kappa shape index (κ3) is 3.89. The molecule has 1 aromatic heterocycles. The number of halogens is 3. The summed E-state index contributed by atoms with van der Waals surface area (Å²) in [5.41, 5.74) is 0.596. The fourth-order valence-corrected chi connectivity index (χ4v) is 2.70. The molecule has 1 heterocycles. The normalized spacial score (nSPS) is 10.4. The van der Waals surface area contributed by atoms with Gasteiger partial charge in [0.2, 0.25) is 11.6 Å². The van der Waals surface area contributed by atoms with Crippen LogP contribution in [0.3, 0.4) is 0 Å². The molecule has 3 rings (SSSR count). The lowest BCUT2D eigenvalue weighted by Crippen LogP contribution is -2.05. The van der Waals surface area contributed by atoms with Gasteiger partial charge in [0, 0.05) is 10.2 Å². The van der Waals surface area contributed by atoms with Crippen molar-refractivity contribution in [2.24, 2.45) is 0 Å². The molecule has 0 saturated carbocycles. The summed E-state index contributed by atoms with van der Waals surface area (Å²) in [6.45, 7) is 0. The molecule has 10 heteroatoms. The van der Waals surface area contributed by atoms with Crippen molar-refractivity contribution in [2.75, 3.05) is 10.6 Å². The van der Waals surface area contributed by atoms with E-state index in [4.69, 9.17) is 11.6 Å². The number of anilines is 4. The Morgan fingerprint density at radius 3 is 2.46 bits per heavy atom. The smallest absolute Gasteiger partial charge is 0.334 e.